The zero-order chi connectivity index (χ0) is 22.7. The SMILES string of the molecule is O=C(NCc1nc(-c2cccc(Br)c2)no1)[C@@H]1CCCN(S(=O)(=O)c2ccc(Cl)cc2)C1. The average molecular weight is 540 g/mol. The van der Waals surface area contributed by atoms with Gasteiger partial charge >= 0.3 is 0 Å². The molecule has 1 N–H and O–H groups in total. The van der Waals surface area contributed by atoms with Crippen LogP contribution in [0.25, 0.3) is 11.4 Å². The van der Waals surface area contributed by atoms with E-state index in [4.69, 9.17) is 16.1 Å². The van der Waals surface area contributed by atoms with Crippen molar-refractivity contribution in [2.75, 3.05) is 13.1 Å². The van der Waals surface area contributed by atoms with Crippen molar-refractivity contribution in [3.8, 4) is 11.4 Å². The quantitative estimate of drug-likeness (QED) is 0.510. The van der Waals surface area contributed by atoms with E-state index in [1.807, 2.05) is 24.3 Å². The smallest absolute Gasteiger partial charge is 0.246 e. The number of nitrogens with zero attached hydrogens (tertiary/aromatic N) is 3. The molecule has 0 radical (unpaired) electrons. The number of amides is 1. The predicted molar refractivity (Wildman–Crippen MR) is 122 cm³/mol. The number of benzene rings is 2. The summed E-state index contributed by atoms with van der Waals surface area (Å²) in [7, 11) is -3.69. The van der Waals surface area contributed by atoms with Crippen molar-refractivity contribution >= 4 is 43.5 Å². The highest BCUT2D eigenvalue weighted by molar-refractivity contribution is 9.10. The topological polar surface area (TPSA) is 105 Å². The second kappa shape index (κ2) is 9.70. The van der Waals surface area contributed by atoms with Gasteiger partial charge in [-0.15, -0.1) is 0 Å². The fraction of sp³-hybridized carbons (Fsp3) is 0.286. The molecule has 2 aromatic carbocycles. The van der Waals surface area contributed by atoms with Crippen LogP contribution in [0.1, 0.15) is 18.7 Å². The number of hydrogen-bond acceptors (Lipinski definition) is 6. The molecule has 32 heavy (non-hydrogen) atoms. The molecule has 1 atom stereocenters. The molecule has 0 spiro atoms. The van der Waals surface area contributed by atoms with Gasteiger partial charge in [-0.2, -0.15) is 9.29 Å². The van der Waals surface area contributed by atoms with Gasteiger partial charge in [-0.05, 0) is 49.2 Å². The number of piperidine rings is 1. The number of sulfonamides is 1. The lowest BCUT2D eigenvalue weighted by Crippen LogP contribution is -2.45. The fourth-order valence-corrected chi connectivity index (χ4v) is 5.56. The summed E-state index contributed by atoms with van der Waals surface area (Å²) in [5.74, 6) is -0.00951. The Morgan fingerprint density at radius 3 is 2.78 bits per heavy atom. The average Bonchev–Trinajstić information content (AvgIpc) is 3.27. The Kier molecular flexibility index (Phi) is 6.94. The number of hydrogen-bond donors (Lipinski definition) is 1. The van der Waals surface area contributed by atoms with Gasteiger partial charge in [0, 0.05) is 28.1 Å². The highest BCUT2D eigenvalue weighted by Gasteiger charge is 2.33. The van der Waals surface area contributed by atoms with Crippen LogP contribution in [0.3, 0.4) is 0 Å². The van der Waals surface area contributed by atoms with E-state index in [9.17, 15) is 13.2 Å². The van der Waals surface area contributed by atoms with Crippen LogP contribution >= 0.6 is 27.5 Å². The summed E-state index contributed by atoms with van der Waals surface area (Å²) >= 11 is 9.26. The Morgan fingerprint density at radius 2 is 2.03 bits per heavy atom. The third-order valence-corrected chi connectivity index (χ3v) is 7.80. The minimum atomic E-state index is -3.69. The lowest BCUT2D eigenvalue weighted by Gasteiger charge is -2.31. The Labute approximate surface area is 199 Å². The van der Waals surface area contributed by atoms with Gasteiger partial charge in [-0.1, -0.05) is 44.8 Å². The summed E-state index contributed by atoms with van der Waals surface area (Å²) in [6, 6.07) is 13.5. The fourth-order valence-electron chi connectivity index (χ4n) is 3.51. The summed E-state index contributed by atoms with van der Waals surface area (Å²) < 4.78 is 33.3. The van der Waals surface area contributed by atoms with Gasteiger partial charge < -0.3 is 9.84 Å². The molecule has 0 aliphatic carbocycles. The largest absolute Gasteiger partial charge is 0.347 e. The standard InChI is InChI=1S/C21H20BrClN4O4S/c22-16-5-1-3-14(11-16)20-25-19(31-26-20)12-24-21(28)15-4-2-10-27(13-15)32(29,30)18-8-6-17(23)7-9-18/h1,3,5-9,11,15H,2,4,10,12-13H2,(H,24,28)/t15-/m1/s1. The molecule has 2 heterocycles. The Bertz CT molecular complexity index is 1220. The molecule has 3 aromatic rings. The maximum absolute atomic E-state index is 12.9. The lowest BCUT2D eigenvalue weighted by atomic mass is 9.99. The monoisotopic (exact) mass is 538 g/mol. The van der Waals surface area contributed by atoms with Crippen LogP contribution in [0.15, 0.2) is 62.4 Å². The molecule has 1 aliphatic rings. The van der Waals surface area contributed by atoms with Gasteiger partial charge in [-0.25, -0.2) is 8.42 Å². The number of carbonyl (C=O) groups excluding carboxylic acids is 1. The highest BCUT2D eigenvalue weighted by atomic mass is 79.9. The first kappa shape index (κ1) is 22.9. The molecule has 1 saturated heterocycles. The molecule has 1 amide bonds. The maximum atomic E-state index is 12.9. The summed E-state index contributed by atoms with van der Waals surface area (Å²) in [5.41, 5.74) is 0.788. The van der Waals surface area contributed by atoms with E-state index in [0.717, 1.165) is 10.0 Å². The molecule has 4 rings (SSSR count). The second-order valence-electron chi connectivity index (χ2n) is 7.40. The summed E-state index contributed by atoms with van der Waals surface area (Å²) in [4.78, 5) is 17.2. The van der Waals surface area contributed by atoms with E-state index in [1.165, 1.54) is 28.6 Å². The Hall–Kier alpha value is -2.27. The molecule has 0 bridgehead atoms. The molecule has 11 heteroatoms. The van der Waals surface area contributed by atoms with E-state index in [1.54, 1.807) is 0 Å². The van der Waals surface area contributed by atoms with E-state index >= 15 is 0 Å². The van der Waals surface area contributed by atoms with E-state index < -0.39 is 15.9 Å². The zero-order valence-electron chi connectivity index (χ0n) is 16.9. The zero-order valence-corrected chi connectivity index (χ0v) is 20.0. The molecule has 0 unspecified atom stereocenters. The van der Waals surface area contributed by atoms with Crippen LogP contribution in [-0.4, -0.2) is 41.9 Å². The predicted octanol–water partition coefficient (Wildman–Crippen LogP) is 3.87. The van der Waals surface area contributed by atoms with Gasteiger partial charge in [0.05, 0.1) is 17.4 Å². The number of halogens is 2. The van der Waals surface area contributed by atoms with Gasteiger partial charge in [0.2, 0.25) is 27.6 Å². The van der Waals surface area contributed by atoms with Crippen molar-refractivity contribution < 1.29 is 17.7 Å². The van der Waals surface area contributed by atoms with Crippen molar-refractivity contribution in [2.24, 2.45) is 5.92 Å². The van der Waals surface area contributed by atoms with Crippen LogP contribution < -0.4 is 5.32 Å². The highest BCUT2D eigenvalue weighted by Crippen LogP contribution is 2.25. The Morgan fingerprint density at radius 1 is 1.25 bits per heavy atom. The van der Waals surface area contributed by atoms with Crippen LogP contribution in [0.2, 0.25) is 5.02 Å². The van der Waals surface area contributed by atoms with Gasteiger partial charge in [0.15, 0.2) is 0 Å². The number of nitrogens with one attached hydrogen (secondary N) is 1. The number of rotatable bonds is 6. The first-order valence-electron chi connectivity index (χ1n) is 9.95. The van der Waals surface area contributed by atoms with Crippen molar-refractivity contribution in [1.29, 1.82) is 0 Å². The van der Waals surface area contributed by atoms with E-state index in [0.29, 0.717) is 30.2 Å². The molecule has 168 valence electrons. The molecular weight excluding hydrogens is 520 g/mol. The first-order chi connectivity index (χ1) is 15.3. The number of aromatic nitrogens is 2. The van der Waals surface area contributed by atoms with Gasteiger partial charge in [0.1, 0.15) is 0 Å². The molecule has 0 saturated carbocycles. The van der Waals surface area contributed by atoms with E-state index in [-0.39, 0.29) is 29.8 Å². The Balaban J connectivity index is 1.37. The second-order valence-corrected chi connectivity index (χ2v) is 10.7. The van der Waals surface area contributed by atoms with Crippen LogP contribution in [0.5, 0.6) is 0 Å². The van der Waals surface area contributed by atoms with Crippen LogP contribution in [0.4, 0.5) is 0 Å². The normalized spacial score (nSPS) is 17.2. The molecule has 1 aromatic heterocycles. The van der Waals surface area contributed by atoms with Gasteiger partial charge in [0.25, 0.3) is 0 Å². The summed E-state index contributed by atoms with van der Waals surface area (Å²) in [6.45, 7) is 0.554. The minimum Gasteiger partial charge on any atom is -0.347 e. The molecule has 1 aliphatic heterocycles. The van der Waals surface area contributed by atoms with Crippen LogP contribution in [0, 0.1) is 5.92 Å². The first-order valence-corrected chi connectivity index (χ1v) is 12.6. The van der Waals surface area contributed by atoms with Crippen molar-refractivity contribution in [1.82, 2.24) is 19.8 Å². The molecular formula is C21H20BrClN4O4S. The van der Waals surface area contributed by atoms with E-state index in [2.05, 4.69) is 31.4 Å². The number of carbonyl (C=O) groups is 1. The van der Waals surface area contributed by atoms with Crippen molar-refractivity contribution in [3.05, 3.63) is 63.9 Å². The summed E-state index contributed by atoms with van der Waals surface area (Å²) in [6.07, 6.45) is 1.20. The van der Waals surface area contributed by atoms with Crippen molar-refractivity contribution in [3.63, 3.8) is 0 Å². The van der Waals surface area contributed by atoms with Gasteiger partial charge in [-0.3, -0.25) is 4.79 Å². The summed E-state index contributed by atoms with van der Waals surface area (Å²) in [5, 5.41) is 7.19. The third-order valence-electron chi connectivity index (χ3n) is 5.17. The minimum absolute atomic E-state index is 0.0697. The lowest BCUT2D eigenvalue weighted by molar-refractivity contribution is -0.126. The third kappa shape index (κ3) is 5.20. The maximum Gasteiger partial charge on any atom is 0.246 e. The molecule has 8 nitrogen and oxygen atoms in total. The van der Waals surface area contributed by atoms with Crippen LogP contribution in [-0.2, 0) is 21.4 Å². The molecule has 1 fully saturated rings. The van der Waals surface area contributed by atoms with Crippen molar-refractivity contribution in [2.45, 2.75) is 24.3 Å².